The van der Waals surface area contributed by atoms with Crippen molar-refractivity contribution in [2.75, 3.05) is 0 Å². The van der Waals surface area contributed by atoms with Gasteiger partial charge in [0.2, 0.25) is 0 Å². The molecule has 0 spiro atoms. The summed E-state index contributed by atoms with van der Waals surface area (Å²) in [5, 5.41) is 3.83. The molecule has 2 aromatic carbocycles. The molecule has 0 heterocycles. The zero-order valence-electron chi connectivity index (χ0n) is 13.2. The second-order valence-corrected chi connectivity index (χ2v) is 8.66. The fourth-order valence-electron chi connectivity index (χ4n) is 1.93. The van der Waals surface area contributed by atoms with Crippen molar-refractivity contribution in [1.29, 1.82) is 0 Å². The highest BCUT2D eigenvalue weighted by molar-refractivity contribution is 9.10. The number of sulfonamides is 1. The third kappa shape index (κ3) is 4.65. The summed E-state index contributed by atoms with van der Waals surface area (Å²) >= 11 is 3.38. The van der Waals surface area contributed by atoms with Crippen LogP contribution >= 0.6 is 15.9 Å². The van der Waals surface area contributed by atoms with Crippen LogP contribution in [0.5, 0.6) is 0 Å². The van der Waals surface area contributed by atoms with Gasteiger partial charge in [-0.15, -0.1) is 0 Å². The third-order valence-electron chi connectivity index (χ3n) is 3.31. The zero-order chi connectivity index (χ0) is 17.1. The van der Waals surface area contributed by atoms with Crippen LogP contribution < -0.4 is 4.83 Å². The molecule has 0 bridgehead atoms. The van der Waals surface area contributed by atoms with E-state index in [2.05, 4.69) is 46.6 Å². The predicted molar refractivity (Wildman–Crippen MR) is 97.2 cm³/mol. The Morgan fingerprint density at radius 3 is 2.22 bits per heavy atom. The molecule has 0 aliphatic carbocycles. The Kier molecular flexibility index (Phi) is 5.26. The fraction of sp³-hybridized carbons (Fsp3) is 0.235. The van der Waals surface area contributed by atoms with E-state index in [4.69, 9.17) is 0 Å². The van der Waals surface area contributed by atoms with Gasteiger partial charge in [-0.05, 0) is 29.2 Å². The molecule has 1 N–H and O–H groups in total. The fourth-order valence-corrected chi connectivity index (χ4v) is 3.11. The summed E-state index contributed by atoms with van der Waals surface area (Å²) in [7, 11) is -3.67. The molecule has 0 aromatic heterocycles. The molecule has 0 saturated carbocycles. The first-order valence-electron chi connectivity index (χ1n) is 7.10. The minimum absolute atomic E-state index is 0.0204. The Hall–Kier alpha value is -1.66. The molecule has 0 aliphatic rings. The van der Waals surface area contributed by atoms with Gasteiger partial charge in [-0.1, -0.05) is 67.0 Å². The molecule has 0 fully saturated rings. The smallest absolute Gasteiger partial charge is 0.200 e. The summed E-state index contributed by atoms with van der Waals surface area (Å²) in [6.45, 7) is 6.24. The average Bonchev–Trinajstić information content (AvgIpc) is 2.48. The molecule has 0 unspecified atom stereocenters. The SMILES string of the molecule is CC(C)(C)c1ccc(S(=O)(=O)N/N=C/c2ccccc2Br)cc1. The summed E-state index contributed by atoms with van der Waals surface area (Å²) in [5.41, 5.74) is 1.85. The maximum absolute atomic E-state index is 12.2. The van der Waals surface area contributed by atoms with Gasteiger partial charge in [0.05, 0.1) is 11.1 Å². The first-order valence-corrected chi connectivity index (χ1v) is 9.38. The van der Waals surface area contributed by atoms with Gasteiger partial charge in [0.15, 0.2) is 0 Å². The Labute approximate surface area is 145 Å². The Bertz CT molecular complexity index is 807. The quantitative estimate of drug-likeness (QED) is 0.627. The average molecular weight is 395 g/mol. The van der Waals surface area contributed by atoms with Crippen LogP contribution in [-0.2, 0) is 15.4 Å². The van der Waals surface area contributed by atoms with E-state index in [1.165, 1.54) is 6.21 Å². The molecule has 2 aromatic rings. The number of nitrogens with zero attached hydrogens (tertiary/aromatic N) is 1. The Balaban J connectivity index is 2.15. The third-order valence-corrected chi connectivity index (χ3v) is 5.27. The van der Waals surface area contributed by atoms with Gasteiger partial charge < -0.3 is 0 Å². The van der Waals surface area contributed by atoms with E-state index in [0.29, 0.717) is 0 Å². The van der Waals surface area contributed by atoms with Crippen LogP contribution in [0.4, 0.5) is 0 Å². The van der Waals surface area contributed by atoms with E-state index in [0.717, 1.165) is 15.6 Å². The highest BCUT2D eigenvalue weighted by atomic mass is 79.9. The van der Waals surface area contributed by atoms with Crippen molar-refractivity contribution in [2.24, 2.45) is 5.10 Å². The van der Waals surface area contributed by atoms with Gasteiger partial charge in [0, 0.05) is 10.0 Å². The lowest BCUT2D eigenvalue weighted by atomic mass is 9.87. The van der Waals surface area contributed by atoms with Crippen molar-refractivity contribution in [3.05, 3.63) is 64.1 Å². The van der Waals surface area contributed by atoms with Crippen LogP contribution in [0.15, 0.2) is 63.0 Å². The maximum Gasteiger partial charge on any atom is 0.276 e. The van der Waals surface area contributed by atoms with Gasteiger partial charge in [-0.2, -0.15) is 13.5 Å². The molecule has 4 nitrogen and oxygen atoms in total. The molecule has 6 heteroatoms. The second kappa shape index (κ2) is 6.84. The number of rotatable bonds is 4. The van der Waals surface area contributed by atoms with E-state index >= 15 is 0 Å². The maximum atomic E-state index is 12.2. The number of nitrogens with one attached hydrogen (secondary N) is 1. The van der Waals surface area contributed by atoms with Crippen molar-refractivity contribution in [3.63, 3.8) is 0 Å². The van der Waals surface area contributed by atoms with Gasteiger partial charge in [0.25, 0.3) is 10.0 Å². The predicted octanol–water partition coefficient (Wildman–Crippen LogP) is 4.06. The molecule has 23 heavy (non-hydrogen) atoms. The van der Waals surface area contributed by atoms with Crippen molar-refractivity contribution in [3.8, 4) is 0 Å². The molecule has 0 saturated heterocycles. The normalized spacial score (nSPS) is 12.5. The Morgan fingerprint density at radius 1 is 1.04 bits per heavy atom. The second-order valence-electron chi connectivity index (χ2n) is 6.15. The van der Waals surface area contributed by atoms with Crippen LogP contribution in [0.2, 0.25) is 0 Å². The molecular formula is C17H19BrN2O2S. The molecule has 0 radical (unpaired) electrons. The van der Waals surface area contributed by atoms with Gasteiger partial charge in [-0.25, -0.2) is 4.83 Å². The van der Waals surface area contributed by atoms with Crippen molar-refractivity contribution < 1.29 is 8.42 Å². The van der Waals surface area contributed by atoms with Crippen molar-refractivity contribution >= 4 is 32.2 Å². The minimum Gasteiger partial charge on any atom is -0.200 e. The monoisotopic (exact) mass is 394 g/mol. The number of benzene rings is 2. The van der Waals surface area contributed by atoms with Crippen molar-refractivity contribution in [2.45, 2.75) is 31.1 Å². The van der Waals surface area contributed by atoms with E-state index in [1.54, 1.807) is 12.1 Å². The van der Waals surface area contributed by atoms with Crippen LogP contribution in [0.25, 0.3) is 0 Å². The highest BCUT2D eigenvalue weighted by Gasteiger charge is 2.16. The highest BCUT2D eigenvalue weighted by Crippen LogP contribution is 2.23. The van der Waals surface area contributed by atoms with Crippen LogP contribution in [-0.4, -0.2) is 14.6 Å². The Morgan fingerprint density at radius 2 is 1.65 bits per heavy atom. The number of hydrazone groups is 1. The lowest BCUT2D eigenvalue weighted by molar-refractivity contribution is 0.580. The summed E-state index contributed by atoms with van der Waals surface area (Å²) in [5.74, 6) is 0. The first-order chi connectivity index (χ1) is 10.7. The minimum atomic E-state index is -3.67. The lowest BCUT2D eigenvalue weighted by Crippen LogP contribution is -2.19. The number of hydrogen-bond donors (Lipinski definition) is 1. The number of hydrogen-bond acceptors (Lipinski definition) is 3. The first kappa shape index (κ1) is 17.7. The van der Waals surface area contributed by atoms with E-state index in [-0.39, 0.29) is 10.3 Å². The van der Waals surface area contributed by atoms with E-state index in [9.17, 15) is 8.42 Å². The van der Waals surface area contributed by atoms with Gasteiger partial charge in [-0.3, -0.25) is 0 Å². The van der Waals surface area contributed by atoms with E-state index in [1.807, 2.05) is 36.4 Å². The van der Waals surface area contributed by atoms with Crippen LogP contribution in [0, 0.1) is 0 Å². The molecular weight excluding hydrogens is 376 g/mol. The van der Waals surface area contributed by atoms with Crippen LogP contribution in [0.1, 0.15) is 31.9 Å². The van der Waals surface area contributed by atoms with E-state index < -0.39 is 10.0 Å². The van der Waals surface area contributed by atoms with Gasteiger partial charge >= 0.3 is 0 Å². The van der Waals surface area contributed by atoms with Crippen molar-refractivity contribution in [1.82, 2.24) is 4.83 Å². The summed E-state index contributed by atoms with van der Waals surface area (Å²) in [6.07, 6.45) is 1.46. The molecule has 0 atom stereocenters. The summed E-state index contributed by atoms with van der Waals surface area (Å²) < 4.78 is 25.3. The topological polar surface area (TPSA) is 58.5 Å². The molecule has 122 valence electrons. The summed E-state index contributed by atoms with van der Waals surface area (Å²) in [4.78, 5) is 2.42. The van der Waals surface area contributed by atoms with Gasteiger partial charge in [0.1, 0.15) is 0 Å². The molecule has 2 rings (SSSR count). The number of halogens is 1. The van der Waals surface area contributed by atoms with Crippen LogP contribution in [0.3, 0.4) is 0 Å². The summed E-state index contributed by atoms with van der Waals surface area (Å²) in [6, 6.07) is 14.3. The largest absolute Gasteiger partial charge is 0.276 e. The zero-order valence-corrected chi connectivity index (χ0v) is 15.6. The standard InChI is InChI=1S/C17H19BrN2O2S/c1-17(2,3)14-8-10-15(11-9-14)23(21,22)20-19-12-13-6-4-5-7-16(13)18/h4-12,20H,1-3H3/b19-12+. The molecule has 0 amide bonds. The molecule has 0 aliphatic heterocycles. The lowest BCUT2D eigenvalue weighted by Gasteiger charge is -2.19.